The zero-order valence-corrected chi connectivity index (χ0v) is 12.0. The summed E-state index contributed by atoms with van der Waals surface area (Å²) in [6.45, 7) is 2.32. The van der Waals surface area contributed by atoms with Crippen LogP contribution in [0.25, 0.3) is 0 Å². The second-order valence-electron chi connectivity index (χ2n) is 4.85. The van der Waals surface area contributed by atoms with Gasteiger partial charge in [-0.15, -0.1) is 0 Å². The van der Waals surface area contributed by atoms with Gasteiger partial charge < -0.3 is 10.6 Å². The predicted molar refractivity (Wildman–Crippen MR) is 82.5 cm³/mol. The first kappa shape index (κ1) is 15.0. The molecule has 0 heterocycles. The highest BCUT2D eigenvalue weighted by atomic mass is 19.1. The number of carbonyl (C=O) groups is 1. The van der Waals surface area contributed by atoms with Crippen molar-refractivity contribution in [2.75, 3.05) is 11.9 Å². The van der Waals surface area contributed by atoms with E-state index in [2.05, 4.69) is 10.6 Å². The molecule has 0 aliphatic heterocycles. The standard InChI is InChI=1S/C17H19FN2O/c1-13(15-9-5-6-10-16(15)18)20-17(21)11-12-19-14-7-3-2-4-8-14/h2-10,13,19H,11-12H2,1H3,(H,20,21)/t13-/m1/s1. The molecular weight excluding hydrogens is 267 g/mol. The van der Waals surface area contributed by atoms with Crippen LogP contribution in [0, 0.1) is 5.82 Å². The van der Waals surface area contributed by atoms with Crippen molar-refractivity contribution in [3.8, 4) is 0 Å². The average Bonchev–Trinajstić information content (AvgIpc) is 2.48. The van der Waals surface area contributed by atoms with Gasteiger partial charge in [0.15, 0.2) is 0 Å². The molecule has 4 heteroatoms. The Bertz CT molecular complexity index is 586. The molecule has 3 nitrogen and oxygen atoms in total. The largest absolute Gasteiger partial charge is 0.385 e. The van der Waals surface area contributed by atoms with Crippen molar-refractivity contribution < 1.29 is 9.18 Å². The molecule has 0 saturated carbocycles. The number of rotatable bonds is 6. The molecule has 110 valence electrons. The van der Waals surface area contributed by atoms with Gasteiger partial charge in [0, 0.05) is 24.2 Å². The first-order valence-electron chi connectivity index (χ1n) is 6.99. The minimum atomic E-state index is -0.338. The number of para-hydroxylation sites is 1. The molecule has 0 radical (unpaired) electrons. The van der Waals surface area contributed by atoms with E-state index in [4.69, 9.17) is 0 Å². The van der Waals surface area contributed by atoms with Crippen LogP contribution in [0.3, 0.4) is 0 Å². The highest BCUT2D eigenvalue weighted by Gasteiger charge is 2.12. The number of halogens is 1. The molecule has 2 aromatic carbocycles. The Balaban J connectivity index is 1.78. The van der Waals surface area contributed by atoms with E-state index in [1.807, 2.05) is 30.3 Å². The maximum atomic E-state index is 13.6. The zero-order valence-electron chi connectivity index (χ0n) is 12.0. The van der Waals surface area contributed by atoms with Crippen molar-refractivity contribution in [1.29, 1.82) is 0 Å². The van der Waals surface area contributed by atoms with Crippen molar-refractivity contribution in [2.45, 2.75) is 19.4 Å². The van der Waals surface area contributed by atoms with E-state index < -0.39 is 0 Å². The minimum Gasteiger partial charge on any atom is -0.385 e. The van der Waals surface area contributed by atoms with Gasteiger partial charge in [-0.05, 0) is 25.1 Å². The fraction of sp³-hybridized carbons (Fsp3) is 0.235. The number of hydrogen-bond donors (Lipinski definition) is 2. The van der Waals surface area contributed by atoms with Gasteiger partial charge in [0.2, 0.25) is 5.91 Å². The second-order valence-corrected chi connectivity index (χ2v) is 4.85. The number of amides is 1. The summed E-state index contributed by atoms with van der Waals surface area (Å²) in [4.78, 5) is 11.9. The molecule has 21 heavy (non-hydrogen) atoms. The molecular formula is C17H19FN2O. The van der Waals surface area contributed by atoms with Crippen LogP contribution < -0.4 is 10.6 Å². The monoisotopic (exact) mass is 286 g/mol. The normalized spacial score (nSPS) is 11.7. The summed E-state index contributed by atoms with van der Waals surface area (Å²) in [7, 11) is 0. The maximum Gasteiger partial charge on any atom is 0.222 e. The van der Waals surface area contributed by atoms with E-state index in [1.54, 1.807) is 25.1 Å². The molecule has 0 spiro atoms. The number of hydrogen-bond acceptors (Lipinski definition) is 2. The Labute approximate surface area is 124 Å². The highest BCUT2D eigenvalue weighted by molar-refractivity contribution is 5.77. The van der Waals surface area contributed by atoms with Gasteiger partial charge in [-0.2, -0.15) is 0 Å². The van der Waals surface area contributed by atoms with E-state index in [0.717, 1.165) is 5.69 Å². The molecule has 1 atom stereocenters. The highest BCUT2D eigenvalue weighted by Crippen LogP contribution is 2.16. The van der Waals surface area contributed by atoms with Crippen LogP contribution in [0.5, 0.6) is 0 Å². The molecule has 0 saturated heterocycles. The SMILES string of the molecule is C[C@@H](NC(=O)CCNc1ccccc1)c1ccccc1F. The van der Waals surface area contributed by atoms with Crippen molar-refractivity contribution in [3.05, 3.63) is 66.0 Å². The summed E-state index contributed by atoms with van der Waals surface area (Å²) in [6, 6.07) is 15.8. The molecule has 0 aromatic heterocycles. The number of nitrogens with one attached hydrogen (secondary N) is 2. The molecule has 0 bridgehead atoms. The van der Waals surface area contributed by atoms with Gasteiger partial charge >= 0.3 is 0 Å². The summed E-state index contributed by atoms with van der Waals surface area (Å²) in [6.07, 6.45) is 0.341. The number of carbonyl (C=O) groups excluding carboxylic acids is 1. The lowest BCUT2D eigenvalue weighted by Crippen LogP contribution is -2.28. The molecule has 2 aromatic rings. The average molecular weight is 286 g/mol. The number of benzene rings is 2. The van der Waals surface area contributed by atoms with Crippen molar-refractivity contribution in [2.24, 2.45) is 0 Å². The third-order valence-electron chi connectivity index (χ3n) is 3.20. The topological polar surface area (TPSA) is 41.1 Å². The van der Waals surface area contributed by atoms with E-state index in [0.29, 0.717) is 18.5 Å². The maximum absolute atomic E-state index is 13.6. The molecule has 2 N–H and O–H groups in total. The molecule has 0 unspecified atom stereocenters. The van der Waals surface area contributed by atoms with Gasteiger partial charge in [0.1, 0.15) is 5.82 Å². The van der Waals surface area contributed by atoms with Gasteiger partial charge in [0.25, 0.3) is 0 Å². The lowest BCUT2D eigenvalue weighted by molar-refractivity contribution is -0.121. The van der Waals surface area contributed by atoms with Gasteiger partial charge in [0.05, 0.1) is 6.04 Å². The Hall–Kier alpha value is -2.36. The first-order chi connectivity index (χ1) is 10.2. The molecule has 0 aliphatic rings. The quantitative estimate of drug-likeness (QED) is 0.853. The van der Waals surface area contributed by atoms with Gasteiger partial charge in [-0.1, -0.05) is 36.4 Å². The van der Waals surface area contributed by atoms with E-state index >= 15 is 0 Å². The number of anilines is 1. The van der Waals surface area contributed by atoms with Crippen LogP contribution in [-0.2, 0) is 4.79 Å². The fourth-order valence-corrected chi connectivity index (χ4v) is 2.09. The lowest BCUT2D eigenvalue weighted by Gasteiger charge is -2.15. The van der Waals surface area contributed by atoms with Gasteiger partial charge in [-0.3, -0.25) is 4.79 Å². The smallest absolute Gasteiger partial charge is 0.222 e. The van der Waals surface area contributed by atoms with Crippen LogP contribution in [0.1, 0.15) is 24.9 Å². The molecule has 2 rings (SSSR count). The summed E-state index contributed by atoms with van der Waals surface area (Å²) in [5.41, 5.74) is 1.48. The Kier molecular flexibility index (Phi) is 5.32. The van der Waals surface area contributed by atoms with Gasteiger partial charge in [-0.25, -0.2) is 4.39 Å². The summed E-state index contributed by atoms with van der Waals surface area (Å²) >= 11 is 0. The second kappa shape index (κ2) is 7.43. The minimum absolute atomic E-state index is 0.103. The van der Waals surface area contributed by atoms with E-state index in [1.165, 1.54) is 6.07 Å². The third-order valence-corrected chi connectivity index (χ3v) is 3.20. The van der Waals surface area contributed by atoms with Crippen LogP contribution >= 0.6 is 0 Å². The van der Waals surface area contributed by atoms with Crippen molar-refractivity contribution in [3.63, 3.8) is 0 Å². The fourth-order valence-electron chi connectivity index (χ4n) is 2.09. The first-order valence-corrected chi connectivity index (χ1v) is 6.99. The van der Waals surface area contributed by atoms with Crippen LogP contribution in [0.2, 0.25) is 0 Å². The Morgan fingerprint density at radius 3 is 2.48 bits per heavy atom. The Morgan fingerprint density at radius 2 is 1.76 bits per heavy atom. The zero-order chi connectivity index (χ0) is 15.1. The Morgan fingerprint density at radius 1 is 1.10 bits per heavy atom. The third kappa shape index (κ3) is 4.60. The summed E-state index contributed by atoms with van der Waals surface area (Å²) in [5, 5.41) is 5.97. The van der Waals surface area contributed by atoms with Crippen LogP contribution in [0.4, 0.5) is 10.1 Å². The lowest BCUT2D eigenvalue weighted by atomic mass is 10.1. The summed E-state index contributed by atoms with van der Waals surface area (Å²) in [5.74, 6) is -0.401. The van der Waals surface area contributed by atoms with E-state index in [-0.39, 0.29) is 17.8 Å². The molecule has 0 aliphatic carbocycles. The van der Waals surface area contributed by atoms with Crippen molar-refractivity contribution >= 4 is 11.6 Å². The molecule has 0 fully saturated rings. The predicted octanol–water partition coefficient (Wildman–Crippen LogP) is 3.51. The van der Waals surface area contributed by atoms with Crippen LogP contribution in [0.15, 0.2) is 54.6 Å². The summed E-state index contributed by atoms with van der Waals surface area (Å²) < 4.78 is 13.6. The molecule has 1 amide bonds. The van der Waals surface area contributed by atoms with Crippen molar-refractivity contribution in [1.82, 2.24) is 5.32 Å². The van der Waals surface area contributed by atoms with E-state index in [9.17, 15) is 9.18 Å². The van der Waals surface area contributed by atoms with Crippen LogP contribution in [-0.4, -0.2) is 12.5 Å².